The molecule has 5 nitrogen and oxygen atoms in total. The van der Waals surface area contributed by atoms with Gasteiger partial charge in [0, 0.05) is 17.8 Å². The Kier molecular flexibility index (Phi) is 2.96. The Morgan fingerprint density at radius 2 is 2.19 bits per heavy atom. The van der Waals surface area contributed by atoms with E-state index in [1.165, 1.54) is 0 Å². The van der Waals surface area contributed by atoms with Gasteiger partial charge in [0.2, 0.25) is 0 Å². The number of hydrogen-bond acceptors (Lipinski definition) is 4. The molecule has 1 N–H and O–H groups in total. The van der Waals surface area contributed by atoms with Crippen molar-refractivity contribution in [3.8, 4) is 11.3 Å². The van der Waals surface area contributed by atoms with Gasteiger partial charge in [-0.15, -0.1) is 5.10 Å². The third-order valence-corrected chi connectivity index (χ3v) is 2.32. The van der Waals surface area contributed by atoms with Gasteiger partial charge in [0.25, 0.3) is 0 Å². The van der Waals surface area contributed by atoms with Crippen molar-refractivity contribution in [1.82, 2.24) is 20.0 Å². The molecular weight excluding hydrogens is 204 g/mol. The second-order valence-corrected chi connectivity index (χ2v) is 3.87. The van der Waals surface area contributed by atoms with Gasteiger partial charge in [0.05, 0.1) is 18.5 Å². The molecule has 0 fully saturated rings. The van der Waals surface area contributed by atoms with Crippen molar-refractivity contribution in [1.29, 1.82) is 0 Å². The fourth-order valence-corrected chi connectivity index (χ4v) is 1.33. The minimum absolute atomic E-state index is 0.0427. The van der Waals surface area contributed by atoms with E-state index in [4.69, 9.17) is 5.11 Å². The predicted molar refractivity (Wildman–Crippen MR) is 59.6 cm³/mol. The molecule has 0 amide bonds. The molecule has 0 aliphatic rings. The molecule has 16 heavy (non-hydrogen) atoms. The molecule has 0 aliphatic heterocycles. The van der Waals surface area contributed by atoms with Crippen LogP contribution in [0.2, 0.25) is 0 Å². The van der Waals surface area contributed by atoms with Crippen LogP contribution in [0.1, 0.15) is 25.6 Å². The second-order valence-electron chi connectivity index (χ2n) is 3.87. The van der Waals surface area contributed by atoms with Crippen LogP contribution in [-0.2, 0) is 6.61 Å². The molecule has 2 rings (SSSR count). The van der Waals surface area contributed by atoms with Crippen LogP contribution < -0.4 is 0 Å². The van der Waals surface area contributed by atoms with Crippen molar-refractivity contribution in [2.75, 3.05) is 0 Å². The predicted octanol–water partition coefficient (Wildman–Crippen LogP) is 1.41. The van der Waals surface area contributed by atoms with E-state index in [0.717, 1.165) is 11.3 Å². The molecule has 0 spiro atoms. The van der Waals surface area contributed by atoms with Gasteiger partial charge < -0.3 is 5.11 Å². The van der Waals surface area contributed by atoms with E-state index < -0.39 is 0 Å². The monoisotopic (exact) mass is 218 g/mol. The lowest BCUT2D eigenvalue weighted by molar-refractivity contribution is 0.277. The molecule has 0 unspecified atom stereocenters. The molecule has 0 saturated carbocycles. The second kappa shape index (κ2) is 4.40. The van der Waals surface area contributed by atoms with Gasteiger partial charge in [-0.3, -0.25) is 4.98 Å². The first-order valence-corrected chi connectivity index (χ1v) is 5.18. The van der Waals surface area contributed by atoms with E-state index in [2.05, 4.69) is 15.3 Å². The van der Waals surface area contributed by atoms with Crippen LogP contribution in [0.15, 0.2) is 24.5 Å². The number of pyridine rings is 1. The Morgan fingerprint density at radius 3 is 2.69 bits per heavy atom. The minimum atomic E-state index is -0.0427. The molecule has 0 radical (unpaired) electrons. The lowest BCUT2D eigenvalue weighted by Crippen LogP contribution is -2.00. The van der Waals surface area contributed by atoms with E-state index in [9.17, 15) is 0 Å². The van der Waals surface area contributed by atoms with Gasteiger partial charge in [0.1, 0.15) is 5.69 Å². The number of aliphatic hydroxyl groups excluding tert-OH is 1. The number of hydrogen-bond donors (Lipinski definition) is 1. The third kappa shape index (κ3) is 2.09. The van der Waals surface area contributed by atoms with Crippen molar-refractivity contribution in [3.63, 3.8) is 0 Å². The average Bonchev–Trinajstić information content (AvgIpc) is 2.78. The molecule has 0 bridgehead atoms. The summed E-state index contributed by atoms with van der Waals surface area (Å²) in [6.45, 7) is 4.05. The van der Waals surface area contributed by atoms with Crippen molar-refractivity contribution in [2.45, 2.75) is 26.5 Å². The Bertz CT molecular complexity index is 461. The average molecular weight is 218 g/mol. The topological polar surface area (TPSA) is 63.8 Å². The zero-order valence-electron chi connectivity index (χ0n) is 9.33. The summed E-state index contributed by atoms with van der Waals surface area (Å²) in [6, 6.07) is 3.96. The fourth-order valence-electron chi connectivity index (χ4n) is 1.33. The Balaban J connectivity index is 2.28. The van der Waals surface area contributed by atoms with Crippen LogP contribution in [0.3, 0.4) is 0 Å². The number of rotatable bonds is 3. The molecular formula is C11H14N4O. The highest BCUT2D eigenvalue weighted by Crippen LogP contribution is 2.16. The zero-order chi connectivity index (χ0) is 11.5. The summed E-state index contributed by atoms with van der Waals surface area (Å²) in [5, 5.41) is 17.0. The molecule has 5 heteroatoms. The Labute approximate surface area is 93.8 Å². The van der Waals surface area contributed by atoms with E-state index in [-0.39, 0.29) is 6.61 Å². The molecule has 84 valence electrons. The molecule has 2 heterocycles. The van der Waals surface area contributed by atoms with E-state index in [1.54, 1.807) is 16.9 Å². The summed E-state index contributed by atoms with van der Waals surface area (Å²) < 4.78 is 1.80. The van der Waals surface area contributed by atoms with Crippen molar-refractivity contribution < 1.29 is 5.11 Å². The minimum Gasteiger partial charge on any atom is -0.390 e. The summed E-state index contributed by atoms with van der Waals surface area (Å²) in [4.78, 5) is 4.10. The highest BCUT2D eigenvalue weighted by Gasteiger charge is 2.06. The number of nitrogens with zero attached hydrogens (tertiary/aromatic N) is 4. The Hall–Kier alpha value is -1.75. The standard InChI is InChI=1S/C11H14N4O/c1-8(2)15-6-11(13-14-15)9-3-4-10(7-16)12-5-9/h3-6,8,16H,7H2,1-2H3. The van der Waals surface area contributed by atoms with Gasteiger partial charge in [0.15, 0.2) is 0 Å². The first kappa shape index (κ1) is 10.8. The lowest BCUT2D eigenvalue weighted by atomic mass is 10.2. The molecule has 2 aromatic heterocycles. The summed E-state index contributed by atoms with van der Waals surface area (Å²) in [5.41, 5.74) is 2.36. The van der Waals surface area contributed by atoms with Crippen LogP contribution in [0.25, 0.3) is 11.3 Å². The summed E-state index contributed by atoms with van der Waals surface area (Å²) in [7, 11) is 0. The van der Waals surface area contributed by atoms with Gasteiger partial charge in [-0.2, -0.15) is 0 Å². The first-order chi connectivity index (χ1) is 7.70. The first-order valence-electron chi connectivity index (χ1n) is 5.18. The normalized spacial score (nSPS) is 11.0. The summed E-state index contributed by atoms with van der Waals surface area (Å²) in [6.07, 6.45) is 3.58. The Morgan fingerprint density at radius 1 is 1.38 bits per heavy atom. The fraction of sp³-hybridized carbons (Fsp3) is 0.364. The third-order valence-electron chi connectivity index (χ3n) is 2.32. The maximum atomic E-state index is 8.88. The van der Waals surface area contributed by atoms with Crippen LogP contribution in [0.5, 0.6) is 0 Å². The molecule has 0 atom stereocenters. The number of aromatic nitrogens is 4. The molecule has 0 saturated heterocycles. The van der Waals surface area contributed by atoms with E-state index in [1.807, 2.05) is 26.1 Å². The maximum Gasteiger partial charge on any atom is 0.114 e. The highest BCUT2D eigenvalue weighted by molar-refractivity contribution is 5.56. The molecule has 2 aromatic rings. The summed E-state index contributed by atoms with van der Waals surface area (Å²) >= 11 is 0. The van der Waals surface area contributed by atoms with Gasteiger partial charge >= 0.3 is 0 Å². The highest BCUT2D eigenvalue weighted by atomic mass is 16.3. The quantitative estimate of drug-likeness (QED) is 0.846. The van der Waals surface area contributed by atoms with Crippen LogP contribution in [0.4, 0.5) is 0 Å². The van der Waals surface area contributed by atoms with Crippen LogP contribution in [-0.4, -0.2) is 25.1 Å². The van der Waals surface area contributed by atoms with Crippen molar-refractivity contribution >= 4 is 0 Å². The smallest absolute Gasteiger partial charge is 0.114 e. The molecule has 0 aromatic carbocycles. The lowest BCUT2D eigenvalue weighted by Gasteiger charge is -2.01. The van der Waals surface area contributed by atoms with E-state index in [0.29, 0.717) is 11.7 Å². The number of aliphatic hydroxyl groups is 1. The van der Waals surface area contributed by atoms with E-state index >= 15 is 0 Å². The van der Waals surface area contributed by atoms with Crippen molar-refractivity contribution in [2.24, 2.45) is 0 Å². The molecule has 0 aliphatic carbocycles. The van der Waals surface area contributed by atoms with Crippen LogP contribution >= 0.6 is 0 Å². The summed E-state index contributed by atoms with van der Waals surface area (Å²) in [5.74, 6) is 0. The van der Waals surface area contributed by atoms with Gasteiger partial charge in [-0.05, 0) is 26.0 Å². The van der Waals surface area contributed by atoms with Crippen molar-refractivity contribution in [3.05, 3.63) is 30.2 Å². The van der Waals surface area contributed by atoms with Gasteiger partial charge in [-0.1, -0.05) is 5.21 Å². The largest absolute Gasteiger partial charge is 0.390 e. The zero-order valence-corrected chi connectivity index (χ0v) is 9.33. The SMILES string of the molecule is CC(C)n1cc(-c2ccc(CO)nc2)nn1. The van der Waals surface area contributed by atoms with Crippen LogP contribution in [0, 0.1) is 0 Å². The van der Waals surface area contributed by atoms with Gasteiger partial charge in [-0.25, -0.2) is 4.68 Å². The maximum absolute atomic E-state index is 8.88.